The third kappa shape index (κ3) is 5.01. The van der Waals surface area contributed by atoms with Crippen LogP contribution < -0.4 is 15.5 Å². The summed E-state index contributed by atoms with van der Waals surface area (Å²) in [6.45, 7) is 2.48. The molecule has 0 radical (unpaired) electrons. The average molecular weight is 329 g/mol. The summed E-state index contributed by atoms with van der Waals surface area (Å²) in [6.07, 6.45) is 5.64. The molecule has 0 aliphatic heterocycles. The van der Waals surface area contributed by atoms with E-state index in [0.717, 1.165) is 24.2 Å². The summed E-state index contributed by atoms with van der Waals surface area (Å²) in [6, 6.07) is 7.96. The molecule has 0 spiro atoms. The standard InChI is InChI=1S/C18H27N5O/c1-14(9-10-16-8-6-12-23(16)4)21-18(24)20-13-15-7-5-11-19-17(15)22(2)3/h5-8,11-12,14H,9-10,13H2,1-4H3,(H2,20,21,24). The Hall–Kier alpha value is -2.50. The van der Waals surface area contributed by atoms with Crippen molar-refractivity contribution in [2.75, 3.05) is 19.0 Å². The molecule has 2 rings (SSSR count). The van der Waals surface area contributed by atoms with Crippen LogP contribution in [-0.2, 0) is 20.0 Å². The largest absolute Gasteiger partial charge is 0.362 e. The number of nitrogens with one attached hydrogen (secondary N) is 2. The summed E-state index contributed by atoms with van der Waals surface area (Å²) < 4.78 is 2.11. The highest BCUT2D eigenvalue weighted by Crippen LogP contribution is 2.13. The lowest BCUT2D eigenvalue weighted by atomic mass is 10.1. The maximum absolute atomic E-state index is 12.1. The van der Waals surface area contributed by atoms with Crippen LogP contribution >= 0.6 is 0 Å². The molecule has 2 amide bonds. The molecule has 6 heteroatoms. The van der Waals surface area contributed by atoms with Gasteiger partial charge in [0.15, 0.2) is 0 Å². The van der Waals surface area contributed by atoms with Gasteiger partial charge in [0, 0.05) is 57.4 Å². The van der Waals surface area contributed by atoms with Crippen molar-refractivity contribution in [3.8, 4) is 0 Å². The number of urea groups is 1. The molecule has 0 aromatic carbocycles. The topological polar surface area (TPSA) is 62.2 Å². The Balaban J connectivity index is 1.78. The molecule has 2 aromatic heterocycles. The van der Waals surface area contributed by atoms with Crippen LogP contribution in [0.4, 0.5) is 10.6 Å². The number of aromatic nitrogens is 2. The van der Waals surface area contributed by atoms with Crippen molar-refractivity contribution in [3.05, 3.63) is 47.9 Å². The van der Waals surface area contributed by atoms with E-state index in [1.165, 1.54) is 5.69 Å². The lowest BCUT2D eigenvalue weighted by Gasteiger charge is -2.18. The van der Waals surface area contributed by atoms with Crippen molar-refractivity contribution < 1.29 is 4.79 Å². The Morgan fingerprint density at radius 2 is 2.12 bits per heavy atom. The molecular formula is C18H27N5O. The number of carbonyl (C=O) groups excluding carboxylic acids is 1. The lowest BCUT2D eigenvalue weighted by molar-refractivity contribution is 0.236. The van der Waals surface area contributed by atoms with Crippen molar-refractivity contribution in [2.24, 2.45) is 7.05 Å². The van der Waals surface area contributed by atoms with Gasteiger partial charge in [0.1, 0.15) is 5.82 Å². The molecule has 2 heterocycles. The maximum atomic E-state index is 12.1. The fourth-order valence-electron chi connectivity index (χ4n) is 2.61. The van der Waals surface area contributed by atoms with E-state index >= 15 is 0 Å². The highest BCUT2D eigenvalue weighted by atomic mass is 16.2. The van der Waals surface area contributed by atoms with E-state index < -0.39 is 0 Å². The molecule has 0 saturated heterocycles. The number of nitrogens with zero attached hydrogens (tertiary/aromatic N) is 3. The van der Waals surface area contributed by atoms with Crippen molar-refractivity contribution in [2.45, 2.75) is 32.4 Å². The third-order valence-electron chi connectivity index (χ3n) is 3.99. The van der Waals surface area contributed by atoms with Crippen molar-refractivity contribution >= 4 is 11.8 Å². The zero-order valence-corrected chi connectivity index (χ0v) is 14.9. The van der Waals surface area contributed by atoms with E-state index in [4.69, 9.17) is 0 Å². The summed E-state index contributed by atoms with van der Waals surface area (Å²) in [7, 11) is 5.92. The minimum absolute atomic E-state index is 0.113. The molecule has 24 heavy (non-hydrogen) atoms. The van der Waals surface area contributed by atoms with Gasteiger partial charge >= 0.3 is 6.03 Å². The predicted molar refractivity (Wildman–Crippen MR) is 97.1 cm³/mol. The number of carbonyl (C=O) groups is 1. The monoisotopic (exact) mass is 329 g/mol. The number of rotatable bonds is 7. The summed E-state index contributed by atoms with van der Waals surface area (Å²) in [5, 5.41) is 5.90. The third-order valence-corrected chi connectivity index (χ3v) is 3.99. The number of pyridine rings is 1. The van der Waals surface area contributed by atoms with E-state index in [0.29, 0.717) is 6.54 Å². The van der Waals surface area contributed by atoms with E-state index in [2.05, 4.69) is 26.3 Å². The maximum Gasteiger partial charge on any atom is 0.315 e. The second kappa shape index (κ2) is 8.38. The zero-order chi connectivity index (χ0) is 17.5. The molecule has 2 aromatic rings. The predicted octanol–water partition coefficient (Wildman–Crippen LogP) is 2.31. The highest BCUT2D eigenvalue weighted by molar-refractivity contribution is 5.74. The number of hydrogen-bond donors (Lipinski definition) is 2. The first-order valence-electron chi connectivity index (χ1n) is 8.23. The van der Waals surface area contributed by atoms with Crippen LogP contribution in [0.25, 0.3) is 0 Å². The second-order valence-electron chi connectivity index (χ2n) is 6.26. The van der Waals surface area contributed by atoms with Crippen LogP contribution in [0.15, 0.2) is 36.7 Å². The van der Waals surface area contributed by atoms with Gasteiger partial charge < -0.3 is 20.1 Å². The van der Waals surface area contributed by atoms with Crippen LogP contribution in [0.3, 0.4) is 0 Å². The molecule has 2 N–H and O–H groups in total. The van der Waals surface area contributed by atoms with Crippen LogP contribution in [0, 0.1) is 0 Å². The second-order valence-corrected chi connectivity index (χ2v) is 6.26. The lowest BCUT2D eigenvalue weighted by Crippen LogP contribution is -2.40. The summed E-state index contributed by atoms with van der Waals surface area (Å²) in [5.74, 6) is 0.870. The first-order chi connectivity index (χ1) is 11.5. The van der Waals surface area contributed by atoms with Gasteiger partial charge in [0.05, 0.1) is 0 Å². The Morgan fingerprint density at radius 3 is 2.79 bits per heavy atom. The molecule has 1 atom stereocenters. The van der Waals surface area contributed by atoms with Crippen LogP contribution in [-0.4, -0.2) is 35.7 Å². The van der Waals surface area contributed by atoms with Gasteiger partial charge in [-0.05, 0) is 38.0 Å². The smallest absolute Gasteiger partial charge is 0.315 e. The van der Waals surface area contributed by atoms with Gasteiger partial charge in [0.2, 0.25) is 0 Å². The van der Waals surface area contributed by atoms with Gasteiger partial charge in [-0.15, -0.1) is 0 Å². The van der Waals surface area contributed by atoms with E-state index in [1.807, 2.05) is 57.4 Å². The average Bonchev–Trinajstić information content (AvgIpc) is 2.96. The quantitative estimate of drug-likeness (QED) is 0.819. The summed E-state index contributed by atoms with van der Waals surface area (Å²) in [4.78, 5) is 18.4. The number of anilines is 1. The molecule has 6 nitrogen and oxygen atoms in total. The van der Waals surface area contributed by atoms with E-state index in [1.54, 1.807) is 6.20 Å². The molecular weight excluding hydrogens is 302 g/mol. The molecule has 0 bridgehead atoms. The van der Waals surface area contributed by atoms with Crippen LogP contribution in [0.1, 0.15) is 24.6 Å². The number of amides is 2. The molecule has 0 aliphatic carbocycles. The molecule has 1 unspecified atom stereocenters. The van der Waals surface area contributed by atoms with Crippen LogP contribution in [0.5, 0.6) is 0 Å². The van der Waals surface area contributed by atoms with Gasteiger partial charge in [-0.3, -0.25) is 0 Å². The minimum atomic E-state index is -0.150. The normalized spacial score (nSPS) is 11.8. The fourth-order valence-corrected chi connectivity index (χ4v) is 2.61. The molecule has 0 saturated carbocycles. The highest BCUT2D eigenvalue weighted by Gasteiger charge is 2.10. The van der Waals surface area contributed by atoms with Gasteiger partial charge in [0.25, 0.3) is 0 Å². The van der Waals surface area contributed by atoms with E-state index in [-0.39, 0.29) is 12.1 Å². The van der Waals surface area contributed by atoms with Gasteiger partial charge in [-0.2, -0.15) is 0 Å². The van der Waals surface area contributed by atoms with E-state index in [9.17, 15) is 4.79 Å². The van der Waals surface area contributed by atoms with Crippen LogP contribution in [0.2, 0.25) is 0 Å². The Bertz CT molecular complexity index is 665. The van der Waals surface area contributed by atoms with Gasteiger partial charge in [-0.1, -0.05) is 6.07 Å². The van der Waals surface area contributed by atoms with Crippen molar-refractivity contribution in [1.29, 1.82) is 0 Å². The Morgan fingerprint density at radius 1 is 1.33 bits per heavy atom. The summed E-state index contributed by atoms with van der Waals surface area (Å²) in [5.41, 5.74) is 2.27. The molecule has 0 aliphatic rings. The zero-order valence-electron chi connectivity index (χ0n) is 14.9. The first-order valence-corrected chi connectivity index (χ1v) is 8.23. The van der Waals surface area contributed by atoms with Crippen molar-refractivity contribution in [1.82, 2.24) is 20.2 Å². The fraction of sp³-hybridized carbons (Fsp3) is 0.444. The summed E-state index contributed by atoms with van der Waals surface area (Å²) >= 11 is 0. The number of aryl methyl sites for hydroxylation is 2. The molecule has 0 fully saturated rings. The minimum Gasteiger partial charge on any atom is -0.362 e. The Kier molecular flexibility index (Phi) is 6.23. The molecule has 130 valence electrons. The number of hydrogen-bond acceptors (Lipinski definition) is 3. The van der Waals surface area contributed by atoms with Gasteiger partial charge in [-0.25, -0.2) is 9.78 Å². The SMILES string of the molecule is CC(CCc1cccn1C)NC(=O)NCc1cccnc1N(C)C. The Labute approximate surface area is 143 Å². The first kappa shape index (κ1) is 17.8. The van der Waals surface area contributed by atoms with Crippen molar-refractivity contribution in [3.63, 3.8) is 0 Å².